The zero-order valence-electron chi connectivity index (χ0n) is 5.33. The summed E-state index contributed by atoms with van der Waals surface area (Å²) in [7, 11) is 0. The van der Waals surface area contributed by atoms with Gasteiger partial charge >= 0.3 is 0 Å². The zero-order chi connectivity index (χ0) is 7.72. The second-order valence-corrected chi connectivity index (χ2v) is 2.04. The summed E-state index contributed by atoms with van der Waals surface area (Å²) >= 11 is 0. The average molecular weight is 139 g/mol. The molecular formula is C6H9N3O. The van der Waals surface area contributed by atoms with Crippen LogP contribution < -0.4 is 17.2 Å². The van der Waals surface area contributed by atoms with Crippen LogP contribution in [0.5, 0.6) is 5.75 Å². The highest BCUT2D eigenvalue weighted by Crippen LogP contribution is 2.27. The molecule has 1 rings (SSSR count). The van der Waals surface area contributed by atoms with Crippen LogP contribution in [0.25, 0.3) is 0 Å². The maximum Gasteiger partial charge on any atom is 0.140 e. The standard InChI is InChI=1S/C6H9N3O/c7-3-1-5(9)6(10)2-4(3)8/h1-2,10H,7-9H2. The number of hydrogen-bond donors (Lipinski definition) is 4. The summed E-state index contributed by atoms with van der Waals surface area (Å²) in [5, 5.41) is 8.96. The Kier molecular flexibility index (Phi) is 1.30. The van der Waals surface area contributed by atoms with E-state index >= 15 is 0 Å². The van der Waals surface area contributed by atoms with E-state index in [1.54, 1.807) is 0 Å². The molecule has 1 aromatic rings. The Hall–Kier alpha value is -1.58. The molecule has 0 atom stereocenters. The quantitative estimate of drug-likeness (QED) is 0.233. The molecule has 0 aliphatic heterocycles. The lowest BCUT2D eigenvalue weighted by molar-refractivity contribution is 0.478. The lowest BCUT2D eigenvalue weighted by Crippen LogP contribution is -1.96. The van der Waals surface area contributed by atoms with Crippen molar-refractivity contribution in [2.24, 2.45) is 0 Å². The summed E-state index contributed by atoms with van der Waals surface area (Å²) in [4.78, 5) is 0. The highest BCUT2D eigenvalue weighted by molar-refractivity contribution is 5.73. The molecule has 0 amide bonds. The van der Waals surface area contributed by atoms with Gasteiger partial charge in [0.15, 0.2) is 0 Å². The van der Waals surface area contributed by atoms with Crippen LogP contribution in [0.4, 0.5) is 17.1 Å². The Morgan fingerprint density at radius 2 is 1.40 bits per heavy atom. The molecule has 0 aromatic heterocycles. The molecule has 10 heavy (non-hydrogen) atoms. The van der Waals surface area contributed by atoms with Crippen molar-refractivity contribution in [2.75, 3.05) is 17.2 Å². The Morgan fingerprint density at radius 3 is 1.90 bits per heavy atom. The fourth-order valence-electron chi connectivity index (χ4n) is 0.639. The van der Waals surface area contributed by atoms with Crippen molar-refractivity contribution in [1.82, 2.24) is 0 Å². The van der Waals surface area contributed by atoms with Gasteiger partial charge in [-0.2, -0.15) is 0 Å². The van der Waals surface area contributed by atoms with E-state index < -0.39 is 0 Å². The molecule has 0 aliphatic carbocycles. The Labute approximate surface area is 58.2 Å². The Balaban J connectivity index is 3.28. The van der Waals surface area contributed by atoms with Crippen LogP contribution >= 0.6 is 0 Å². The predicted molar refractivity (Wildman–Crippen MR) is 41.3 cm³/mol. The van der Waals surface area contributed by atoms with E-state index in [1.807, 2.05) is 0 Å². The van der Waals surface area contributed by atoms with E-state index in [2.05, 4.69) is 0 Å². The number of benzene rings is 1. The molecule has 0 fully saturated rings. The van der Waals surface area contributed by atoms with E-state index in [-0.39, 0.29) is 11.4 Å². The molecule has 0 saturated heterocycles. The van der Waals surface area contributed by atoms with Crippen LogP contribution in [0.3, 0.4) is 0 Å². The number of phenolic OH excluding ortho intramolecular Hbond substituents is 1. The van der Waals surface area contributed by atoms with Gasteiger partial charge in [0.1, 0.15) is 5.75 Å². The lowest BCUT2D eigenvalue weighted by Gasteiger charge is -2.02. The SMILES string of the molecule is Nc1cc(N)c(O)cc1N. The fourth-order valence-corrected chi connectivity index (χ4v) is 0.639. The summed E-state index contributed by atoms with van der Waals surface area (Å²) in [6.07, 6.45) is 0. The maximum atomic E-state index is 8.96. The van der Waals surface area contributed by atoms with Crippen LogP contribution in [-0.2, 0) is 0 Å². The third kappa shape index (κ3) is 0.907. The van der Waals surface area contributed by atoms with Gasteiger partial charge in [-0.1, -0.05) is 0 Å². The minimum atomic E-state index is -0.0355. The molecule has 0 saturated carbocycles. The number of nitrogens with two attached hydrogens (primary N) is 3. The lowest BCUT2D eigenvalue weighted by atomic mass is 10.2. The first-order valence-corrected chi connectivity index (χ1v) is 2.74. The minimum Gasteiger partial charge on any atom is -0.506 e. The smallest absolute Gasteiger partial charge is 0.140 e. The van der Waals surface area contributed by atoms with E-state index in [0.29, 0.717) is 11.4 Å². The number of nitrogen functional groups attached to an aromatic ring is 3. The molecule has 0 bridgehead atoms. The van der Waals surface area contributed by atoms with Gasteiger partial charge in [-0.3, -0.25) is 0 Å². The van der Waals surface area contributed by atoms with Crippen molar-refractivity contribution in [1.29, 1.82) is 0 Å². The van der Waals surface area contributed by atoms with Crippen LogP contribution in [0.1, 0.15) is 0 Å². The summed E-state index contributed by atoms with van der Waals surface area (Å²) in [6.45, 7) is 0. The molecule has 0 aliphatic rings. The van der Waals surface area contributed by atoms with Gasteiger partial charge in [0, 0.05) is 6.07 Å². The van der Waals surface area contributed by atoms with Crippen LogP contribution in [0.2, 0.25) is 0 Å². The topological polar surface area (TPSA) is 98.3 Å². The highest BCUT2D eigenvalue weighted by Gasteiger charge is 1.99. The summed E-state index contributed by atoms with van der Waals surface area (Å²) in [5.41, 5.74) is 17.0. The Bertz CT molecular complexity index is 209. The monoisotopic (exact) mass is 139 g/mol. The van der Waals surface area contributed by atoms with E-state index in [1.165, 1.54) is 12.1 Å². The van der Waals surface area contributed by atoms with Crippen molar-refractivity contribution < 1.29 is 5.11 Å². The molecular weight excluding hydrogens is 130 g/mol. The van der Waals surface area contributed by atoms with E-state index in [0.717, 1.165) is 0 Å². The second-order valence-electron chi connectivity index (χ2n) is 2.04. The summed E-state index contributed by atoms with van der Waals surface area (Å²) in [6, 6.07) is 2.75. The third-order valence-corrected chi connectivity index (χ3v) is 1.23. The Morgan fingerprint density at radius 1 is 0.900 bits per heavy atom. The molecule has 0 unspecified atom stereocenters. The van der Waals surface area contributed by atoms with Crippen molar-refractivity contribution in [3.05, 3.63) is 12.1 Å². The van der Waals surface area contributed by atoms with Gasteiger partial charge in [-0.25, -0.2) is 0 Å². The number of aromatic hydroxyl groups is 1. The predicted octanol–water partition coefficient (Wildman–Crippen LogP) is 0.139. The first-order chi connectivity index (χ1) is 4.61. The van der Waals surface area contributed by atoms with Gasteiger partial charge < -0.3 is 22.3 Å². The zero-order valence-corrected chi connectivity index (χ0v) is 5.33. The fraction of sp³-hybridized carbons (Fsp3) is 0. The summed E-state index contributed by atoms with van der Waals surface area (Å²) < 4.78 is 0. The third-order valence-electron chi connectivity index (χ3n) is 1.23. The number of hydrogen-bond acceptors (Lipinski definition) is 4. The van der Waals surface area contributed by atoms with Gasteiger partial charge in [-0.05, 0) is 6.07 Å². The van der Waals surface area contributed by atoms with E-state index in [9.17, 15) is 0 Å². The largest absolute Gasteiger partial charge is 0.506 e. The summed E-state index contributed by atoms with van der Waals surface area (Å²) in [5.74, 6) is -0.0355. The number of anilines is 3. The maximum absolute atomic E-state index is 8.96. The van der Waals surface area contributed by atoms with Crippen molar-refractivity contribution >= 4 is 17.1 Å². The van der Waals surface area contributed by atoms with Crippen LogP contribution in [0, 0.1) is 0 Å². The number of phenols is 1. The molecule has 1 aromatic carbocycles. The van der Waals surface area contributed by atoms with Gasteiger partial charge in [0.2, 0.25) is 0 Å². The first-order valence-electron chi connectivity index (χ1n) is 2.74. The molecule has 0 radical (unpaired) electrons. The highest BCUT2D eigenvalue weighted by atomic mass is 16.3. The molecule has 4 heteroatoms. The van der Waals surface area contributed by atoms with Crippen molar-refractivity contribution in [3.63, 3.8) is 0 Å². The molecule has 54 valence electrons. The van der Waals surface area contributed by atoms with Gasteiger partial charge in [-0.15, -0.1) is 0 Å². The molecule has 0 heterocycles. The normalized spacial score (nSPS) is 9.60. The van der Waals surface area contributed by atoms with Gasteiger partial charge in [0.25, 0.3) is 0 Å². The van der Waals surface area contributed by atoms with Crippen molar-refractivity contribution in [3.8, 4) is 5.75 Å². The van der Waals surface area contributed by atoms with Crippen molar-refractivity contribution in [2.45, 2.75) is 0 Å². The molecule has 4 nitrogen and oxygen atoms in total. The van der Waals surface area contributed by atoms with Crippen LogP contribution in [-0.4, -0.2) is 5.11 Å². The number of rotatable bonds is 0. The van der Waals surface area contributed by atoms with E-state index in [4.69, 9.17) is 22.3 Å². The minimum absolute atomic E-state index is 0.0355. The first kappa shape index (κ1) is 6.54. The molecule has 0 spiro atoms. The van der Waals surface area contributed by atoms with Gasteiger partial charge in [0.05, 0.1) is 17.1 Å². The molecule has 7 N–H and O–H groups in total. The van der Waals surface area contributed by atoms with Crippen LogP contribution in [0.15, 0.2) is 12.1 Å². The second kappa shape index (κ2) is 1.98. The average Bonchev–Trinajstić information content (AvgIpc) is 1.84.